The smallest absolute Gasteiger partial charge is 0.272 e. The van der Waals surface area contributed by atoms with Crippen LogP contribution in [0.5, 0.6) is 0 Å². The molecule has 1 aliphatic rings. The number of aromatic nitrogens is 2. The Balaban J connectivity index is 1.61. The number of hydrogen-bond acceptors (Lipinski definition) is 4. The number of piperidine rings is 1. The van der Waals surface area contributed by atoms with Gasteiger partial charge in [0.15, 0.2) is 0 Å². The highest BCUT2D eigenvalue weighted by Gasteiger charge is 2.43. The van der Waals surface area contributed by atoms with Crippen molar-refractivity contribution in [3.8, 4) is 11.1 Å². The van der Waals surface area contributed by atoms with Crippen molar-refractivity contribution in [1.29, 1.82) is 0 Å². The first-order valence-electron chi connectivity index (χ1n) is 10.5. The largest absolute Gasteiger partial charge is 0.359 e. The number of carbonyl (C=O) groups is 2. The van der Waals surface area contributed by atoms with E-state index in [2.05, 4.69) is 33.5 Å². The van der Waals surface area contributed by atoms with Crippen LogP contribution in [0.25, 0.3) is 11.1 Å². The summed E-state index contributed by atoms with van der Waals surface area (Å²) in [5.41, 5.74) is 2.99. The van der Waals surface area contributed by atoms with Crippen LogP contribution in [0.4, 0.5) is 0 Å². The first kappa shape index (κ1) is 20.7. The van der Waals surface area contributed by atoms with Gasteiger partial charge in [0.05, 0.1) is 5.41 Å². The Morgan fingerprint density at radius 1 is 1.03 bits per heavy atom. The van der Waals surface area contributed by atoms with Gasteiger partial charge in [-0.1, -0.05) is 30.3 Å². The number of benzene rings is 1. The summed E-state index contributed by atoms with van der Waals surface area (Å²) < 4.78 is 0. The Morgan fingerprint density at radius 2 is 1.87 bits per heavy atom. The molecule has 1 fully saturated rings. The zero-order valence-corrected chi connectivity index (χ0v) is 17.6. The summed E-state index contributed by atoms with van der Waals surface area (Å²) in [5, 5.41) is 2.84. The standard InChI is InChI=1S/C25H26N4O2/c1-26-24(31)25(11-5-15-29(18-25)23(30)22-8-2-3-12-28-22)17-19-6-4-7-21(16-19)20-9-13-27-14-10-20/h2-4,6-10,12-14,16H,5,11,15,17-18H2,1H3,(H,26,31)/t25-/m1/s1. The summed E-state index contributed by atoms with van der Waals surface area (Å²) in [7, 11) is 1.66. The highest BCUT2D eigenvalue weighted by atomic mass is 16.2. The first-order chi connectivity index (χ1) is 15.1. The minimum Gasteiger partial charge on any atom is -0.359 e. The Bertz CT molecular complexity index is 1060. The summed E-state index contributed by atoms with van der Waals surface area (Å²) in [6.07, 6.45) is 7.24. The third kappa shape index (κ3) is 4.48. The second-order valence-corrected chi connectivity index (χ2v) is 8.02. The monoisotopic (exact) mass is 414 g/mol. The summed E-state index contributed by atoms with van der Waals surface area (Å²) in [5.74, 6) is -0.153. The zero-order chi connectivity index (χ0) is 21.7. The lowest BCUT2D eigenvalue weighted by atomic mass is 9.74. The normalized spacial score (nSPS) is 18.4. The molecule has 3 heterocycles. The molecule has 0 aliphatic carbocycles. The van der Waals surface area contributed by atoms with Crippen LogP contribution in [0.2, 0.25) is 0 Å². The van der Waals surface area contributed by atoms with Crippen LogP contribution in [0, 0.1) is 5.41 Å². The molecule has 4 rings (SSSR count). The van der Waals surface area contributed by atoms with Crippen LogP contribution in [0.15, 0.2) is 73.2 Å². The van der Waals surface area contributed by atoms with Crippen molar-refractivity contribution in [1.82, 2.24) is 20.2 Å². The number of likely N-dealkylation sites (tertiary alicyclic amines) is 1. The number of nitrogens with one attached hydrogen (secondary N) is 1. The highest BCUT2D eigenvalue weighted by Crippen LogP contribution is 2.35. The van der Waals surface area contributed by atoms with Gasteiger partial charge in [-0.15, -0.1) is 0 Å². The molecule has 6 heteroatoms. The molecule has 1 atom stereocenters. The molecule has 31 heavy (non-hydrogen) atoms. The van der Waals surface area contributed by atoms with Crippen molar-refractivity contribution in [2.45, 2.75) is 19.3 Å². The van der Waals surface area contributed by atoms with Gasteiger partial charge in [0, 0.05) is 38.7 Å². The molecule has 1 aliphatic heterocycles. The molecule has 1 aromatic carbocycles. The fraction of sp³-hybridized carbons (Fsp3) is 0.280. The van der Waals surface area contributed by atoms with Crippen LogP contribution in [-0.2, 0) is 11.2 Å². The van der Waals surface area contributed by atoms with Crippen molar-refractivity contribution in [3.63, 3.8) is 0 Å². The van der Waals surface area contributed by atoms with Gasteiger partial charge in [0.1, 0.15) is 5.69 Å². The lowest BCUT2D eigenvalue weighted by molar-refractivity contribution is -0.133. The van der Waals surface area contributed by atoms with E-state index in [9.17, 15) is 9.59 Å². The topological polar surface area (TPSA) is 75.2 Å². The van der Waals surface area contributed by atoms with Crippen molar-refractivity contribution < 1.29 is 9.59 Å². The molecule has 0 unspecified atom stereocenters. The van der Waals surface area contributed by atoms with E-state index in [1.165, 1.54) is 0 Å². The van der Waals surface area contributed by atoms with Crippen LogP contribution in [0.1, 0.15) is 28.9 Å². The van der Waals surface area contributed by atoms with E-state index in [1.54, 1.807) is 48.7 Å². The zero-order valence-electron chi connectivity index (χ0n) is 17.6. The number of hydrogen-bond donors (Lipinski definition) is 1. The van der Waals surface area contributed by atoms with Crippen molar-refractivity contribution in [3.05, 3.63) is 84.4 Å². The quantitative estimate of drug-likeness (QED) is 0.695. The predicted octanol–water partition coefficient (Wildman–Crippen LogP) is 3.35. The predicted molar refractivity (Wildman–Crippen MR) is 119 cm³/mol. The molecule has 1 N–H and O–H groups in total. The molecular weight excluding hydrogens is 388 g/mol. The van der Waals surface area contributed by atoms with Gasteiger partial charge >= 0.3 is 0 Å². The number of amides is 2. The molecule has 6 nitrogen and oxygen atoms in total. The maximum absolute atomic E-state index is 13.1. The molecule has 2 amide bonds. The first-order valence-corrected chi connectivity index (χ1v) is 10.5. The highest BCUT2D eigenvalue weighted by molar-refractivity contribution is 5.93. The van der Waals surface area contributed by atoms with Crippen LogP contribution < -0.4 is 5.32 Å². The fourth-order valence-corrected chi connectivity index (χ4v) is 4.43. The molecule has 0 saturated carbocycles. The van der Waals surface area contributed by atoms with Crippen LogP contribution >= 0.6 is 0 Å². The van der Waals surface area contributed by atoms with Crippen LogP contribution in [-0.4, -0.2) is 46.8 Å². The minimum absolute atomic E-state index is 0.0275. The van der Waals surface area contributed by atoms with Crippen molar-refractivity contribution >= 4 is 11.8 Å². The molecular formula is C25H26N4O2. The third-order valence-corrected chi connectivity index (χ3v) is 5.94. The van der Waals surface area contributed by atoms with E-state index < -0.39 is 5.41 Å². The lowest BCUT2D eigenvalue weighted by Crippen LogP contribution is -2.54. The second-order valence-electron chi connectivity index (χ2n) is 8.02. The molecule has 3 aromatic rings. The van der Waals surface area contributed by atoms with Crippen molar-refractivity contribution in [2.24, 2.45) is 5.41 Å². The van der Waals surface area contributed by atoms with Gasteiger partial charge in [-0.05, 0) is 60.2 Å². The molecule has 0 bridgehead atoms. The second kappa shape index (κ2) is 9.08. The third-order valence-electron chi connectivity index (χ3n) is 5.94. The van der Waals surface area contributed by atoms with Gasteiger partial charge in [0.2, 0.25) is 5.91 Å². The summed E-state index contributed by atoms with van der Waals surface area (Å²) >= 11 is 0. The summed E-state index contributed by atoms with van der Waals surface area (Å²) in [4.78, 5) is 36.2. The average Bonchev–Trinajstić information content (AvgIpc) is 2.84. The summed E-state index contributed by atoms with van der Waals surface area (Å²) in [6.45, 7) is 1.01. The molecule has 0 radical (unpaired) electrons. The van der Waals surface area contributed by atoms with E-state index in [0.717, 1.165) is 29.5 Å². The van der Waals surface area contributed by atoms with E-state index in [1.807, 2.05) is 18.2 Å². The van der Waals surface area contributed by atoms with Gasteiger partial charge in [-0.25, -0.2) is 0 Å². The maximum Gasteiger partial charge on any atom is 0.272 e. The molecule has 2 aromatic heterocycles. The Labute approximate surface area is 182 Å². The number of carbonyl (C=O) groups excluding carboxylic acids is 2. The Hall–Kier alpha value is -3.54. The van der Waals surface area contributed by atoms with Crippen LogP contribution in [0.3, 0.4) is 0 Å². The minimum atomic E-state index is -0.672. The van der Waals surface area contributed by atoms with E-state index in [-0.39, 0.29) is 11.8 Å². The molecule has 158 valence electrons. The van der Waals surface area contributed by atoms with Gasteiger partial charge in [-0.3, -0.25) is 19.6 Å². The van der Waals surface area contributed by atoms with Gasteiger partial charge in [-0.2, -0.15) is 0 Å². The average molecular weight is 415 g/mol. The van der Waals surface area contributed by atoms with E-state index in [0.29, 0.717) is 25.2 Å². The molecule has 1 saturated heterocycles. The maximum atomic E-state index is 13.1. The SMILES string of the molecule is CNC(=O)[C@@]1(Cc2cccc(-c3ccncc3)c2)CCCN(C(=O)c2ccccn2)C1. The van der Waals surface area contributed by atoms with Gasteiger partial charge < -0.3 is 10.2 Å². The Morgan fingerprint density at radius 3 is 2.61 bits per heavy atom. The summed E-state index contributed by atoms with van der Waals surface area (Å²) in [6, 6.07) is 17.5. The van der Waals surface area contributed by atoms with Crippen molar-refractivity contribution in [2.75, 3.05) is 20.1 Å². The number of nitrogens with zero attached hydrogens (tertiary/aromatic N) is 3. The molecule has 0 spiro atoms. The van der Waals surface area contributed by atoms with E-state index in [4.69, 9.17) is 0 Å². The lowest BCUT2D eigenvalue weighted by Gasteiger charge is -2.41. The van der Waals surface area contributed by atoms with E-state index >= 15 is 0 Å². The number of rotatable bonds is 5. The number of pyridine rings is 2. The fourth-order valence-electron chi connectivity index (χ4n) is 4.43. The Kier molecular flexibility index (Phi) is 6.07. The van der Waals surface area contributed by atoms with Gasteiger partial charge in [0.25, 0.3) is 5.91 Å².